The van der Waals surface area contributed by atoms with Crippen LogP contribution in [-0.4, -0.2) is 14.2 Å². The Morgan fingerprint density at radius 2 is 1.74 bits per heavy atom. The third-order valence-electron chi connectivity index (χ3n) is 3.58. The summed E-state index contributed by atoms with van der Waals surface area (Å²) in [4.78, 5) is 0. The SMILES string of the molecule is COc1cc(Br)c(CN[C@H](C)c2ccc(F)cc2F)cc1OC. The van der Waals surface area contributed by atoms with E-state index in [0.29, 0.717) is 23.6 Å². The lowest BCUT2D eigenvalue weighted by molar-refractivity contribution is 0.354. The Morgan fingerprint density at radius 1 is 1.09 bits per heavy atom. The Hall–Kier alpha value is -1.66. The number of rotatable bonds is 6. The zero-order chi connectivity index (χ0) is 17.0. The highest BCUT2D eigenvalue weighted by molar-refractivity contribution is 9.10. The van der Waals surface area contributed by atoms with Crippen LogP contribution >= 0.6 is 15.9 Å². The topological polar surface area (TPSA) is 30.5 Å². The summed E-state index contributed by atoms with van der Waals surface area (Å²) in [7, 11) is 3.14. The fraction of sp³-hybridized carbons (Fsp3) is 0.294. The van der Waals surface area contributed by atoms with Gasteiger partial charge in [0.05, 0.1) is 14.2 Å². The summed E-state index contributed by atoms with van der Waals surface area (Å²) < 4.78 is 38.1. The summed E-state index contributed by atoms with van der Waals surface area (Å²) in [6, 6.07) is 6.99. The van der Waals surface area contributed by atoms with Gasteiger partial charge in [0.2, 0.25) is 0 Å². The summed E-state index contributed by atoms with van der Waals surface area (Å²) >= 11 is 3.48. The lowest BCUT2D eigenvalue weighted by Gasteiger charge is -2.17. The van der Waals surface area contributed by atoms with E-state index in [2.05, 4.69) is 21.2 Å². The molecule has 0 amide bonds. The molecule has 1 N–H and O–H groups in total. The van der Waals surface area contributed by atoms with Crippen molar-refractivity contribution in [2.24, 2.45) is 0 Å². The van der Waals surface area contributed by atoms with Crippen LogP contribution in [0.5, 0.6) is 11.5 Å². The van der Waals surface area contributed by atoms with Crippen LogP contribution in [0.4, 0.5) is 8.78 Å². The van der Waals surface area contributed by atoms with Gasteiger partial charge in [0.15, 0.2) is 11.5 Å². The maximum atomic E-state index is 13.8. The molecule has 0 fully saturated rings. The first-order valence-electron chi connectivity index (χ1n) is 7.05. The van der Waals surface area contributed by atoms with Gasteiger partial charge >= 0.3 is 0 Å². The first kappa shape index (κ1) is 17.7. The van der Waals surface area contributed by atoms with Crippen molar-refractivity contribution in [3.63, 3.8) is 0 Å². The molecule has 0 bridgehead atoms. The molecule has 0 aliphatic rings. The molecule has 0 saturated carbocycles. The van der Waals surface area contributed by atoms with Crippen LogP contribution in [0, 0.1) is 11.6 Å². The van der Waals surface area contributed by atoms with E-state index < -0.39 is 11.6 Å². The minimum atomic E-state index is -0.582. The van der Waals surface area contributed by atoms with Gasteiger partial charge in [-0.1, -0.05) is 22.0 Å². The van der Waals surface area contributed by atoms with Gasteiger partial charge in [0.1, 0.15) is 11.6 Å². The van der Waals surface area contributed by atoms with E-state index in [4.69, 9.17) is 9.47 Å². The van der Waals surface area contributed by atoms with Gasteiger partial charge in [-0.05, 0) is 30.7 Å². The van der Waals surface area contributed by atoms with Crippen LogP contribution in [0.3, 0.4) is 0 Å². The zero-order valence-electron chi connectivity index (χ0n) is 13.1. The maximum Gasteiger partial charge on any atom is 0.161 e. The predicted molar refractivity (Wildman–Crippen MR) is 88.9 cm³/mol. The summed E-state index contributed by atoms with van der Waals surface area (Å²) in [5, 5.41) is 3.22. The number of nitrogens with one attached hydrogen (secondary N) is 1. The normalized spacial score (nSPS) is 12.1. The van der Waals surface area contributed by atoms with Crippen molar-refractivity contribution in [2.75, 3.05) is 14.2 Å². The Morgan fingerprint density at radius 3 is 2.35 bits per heavy atom. The van der Waals surface area contributed by atoms with Crippen LogP contribution in [0.2, 0.25) is 0 Å². The summed E-state index contributed by atoms with van der Waals surface area (Å²) in [6.45, 7) is 2.31. The number of benzene rings is 2. The molecule has 2 rings (SSSR count). The Kier molecular flexibility index (Phi) is 5.96. The third kappa shape index (κ3) is 4.20. The van der Waals surface area contributed by atoms with Gasteiger partial charge in [0, 0.05) is 28.7 Å². The highest BCUT2D eigenvalue weighted by Gasteiger charge is 2.14. The second-order valence-electron chi connectivity index (χ2n) is 5.07. The highest BCUT2D eigenvalue weighted by atomic mass is 79.9. The summed E-state index contributed by atoms with van der Waals surface area (Å²) in [5.41, 5.74) is 1.36. The number of hydrogen-bond donors (Lipinski definition) is 1. The van der Waals surface area contributed by atoms with E-state index >= 15 is 0 Å². The molecule has 3 nitrogen and oxygen atoms in total. The second-order valence-corrected chi connectivity index (χ2v) is 5.92. The van der Waals surface area contributed by atoms with Gasteiger partial charge in [0.25, 0.3) is 0 Å². The molecule has 0 unspecified atom stereocenters. The van der Waals surface area contributed by atoms with Crippen molar-refractivity contribution < 1.29 is 18.3 Å². The van der Waals surface area contributed by atoms with Crippen LogP contribution in [0.25, 0.3) is 0 Å². The molecule has 2 aromatic carbocycles. The molecular formula is C17H18BrF2NO2. The number of halogens is 3. The molecule has 124 valence electrons. The van der Waals surface area contributed by atoms with Crippen molar-refractivity contribution in [3.8, 4) is 11.5 Å². The van der Waals surface area contributed by atoms with Crippen molar-refractivity contribution in [3.05, 3.63) is 57.6 Å². The molecule has 0 aromatic heterocycles. The van der Waals surface area contributed by atoms with E-state index in [9.17, 15) is 8.78 Å². The summed E-state index contributed by atoms with van der Waals surface area (Å²) in [6.07, 6.45) is 0. The Balaban J connectivity index is 2.14. The largest absolute Gasteiger partial charge is 0.493 e. The first-order chi connectivity index (χ1) is 11.0. The van der Waals surface area contributed by atoms with Gasteiger partial charge in [-0.3, -0.25) is 0 Å². The van der Waals surface area contributed by atoms with Crippen molar-refractivity contribution in [1.29, 1.82) is 0 Å². The second kappa shape index (κ2) is 7.75. The van der Waals surface area contributed by atoms with E-state index in [1.807, 2.05) is 19.1 Å². The molecule has 0 radical (unpaired) electrons. The molecule has 23 heavy (non-hydrogen) atoms. The lowest BCUT2D eigenvalue weighted by atomic mass is 10.1. The van der Waals surface area contributed by atoms with Crippen LogP contribution in [0.1, 0.15) is 24.1 Å². The fourth-order valence-corrected chi connectivity index (χ4v) is 2.72. The average molecular weight is 386 g/mol. The first-order valence-corrected chi connectivity index (χ1v) is 7.84. The van der Waals surface area contributed by atoms with Crippen LogP contribution in [-0.2, 0) is 6.54 Å². The fourth-order valence-electron chi connectivity index (χ4n) is 2.26. The van der Waals surface area contributed by atoms with Gasteiger partial charge in [-0.15, -0.1) is 0 Å². The van der Waals surface area contributed by atoms with Gasteiger partial charge in [-0.25, -0.2) is 8.78 Å². The van der Waals surface area contributed by atoms with Crippen LogP contribution < -0.4 is 14.8 Å². The molecule has 0 aliphatic heterocycles. The molecule has 0 spiro atoms. The molecule has 0 saturated heterocycles. The predicted octanol–water partition coefficient (Wildman–Crippen LogP) is 4.60. The minimum Gasteiger partial charge on any atom is -0.493 e. The van der Waals surface area contributed by atoms with Crippen molar-refractivity contribution in [2.45, 2.75) is 19.5 Å². The highest BCUT2D eigenvalue weighted by Crippen LogP contribution is 2.33. The van der Waals surface area contributed by atoms with E-state index in [1.165, 1.54) is 12.1 Å². The molecule has 1 atom stereocenters. The number of methoxy groups -OCH3 is 2. The molecule has 0 heterocycles. The number of ether oxygens (including phenoxy) is 2. The summed E-state index contributed by atoms with van der Waals surface area (Å²) in [5.74, 6) is 0.103. The zero-order valence-corrected chi connectivity index (χ0v) is 14.7. The maximum absolute atomic E-state index is 13.8. The number of hydrogen-bond acceptors (Lipinski definition) is 3. The van der Waals surface area contributed by atoms with Crippen molar-refractivity contribution in [1.82, 2.24) is 5.32 Å². The third-order valence-corrected chi connectivity index (χ3v) is 4.32. The lowest BCUT2D eigenvalue weighted by Crippen LogP contribution is -2.19. The van der Waals surface area contributed by atoms with E-state index in [1.54, 1.807) is 14.2 Å². The molecule has 0 aliphatic carbocycles. The van der Waals surface area contributed by atoms with E-state index in [0.717, 1.165) is 16.1 Å². The monoisotopic (exact) mass is 385 g/mol. The Bertz CT molecular complexity index is 695. The van der Waals surface area contributed by atoms with E-state index in [-0.39, 0.29) is 6.04 Å². The standard InChI is InChI=1S/C17H18BrF2NO2/c1-10(13-5-4-12(19)7-15(13)20)21-9-11-6-16(22-2)17(23-3)8-14(11)18/h4-8,10,21H,9H2,1-3H3/t10-/m1/s1. The molecular weight excluding hydrogens is 368 g/mol. The van der Waals surface area contributed by atoms with Crippen LogP contribution in [0.15, 0.2) is 34.8 Å². The quantitative estimate of drug-likeness (QED) is 0.788. The Labute approximate surface area is 142 Å². The minimum absolute atomic E-state index is 0.268. The smallest absolute Gasteiger partial charge is 0.161 e. The van der Waals surface area contributed by atoms with Gasteiger partial charge < -0.3 is 14.8 Å². The van der Waals surface area contributed by atoms with Crippen molar-refractivity contribution >= 4 is 15.9 Å². The molecule has 2 aromatic rings. The van der Waals surface area contributed by atoms with Gasteiger partial charge in [-0.2, -0.15) is 0 Å². The molecule has 6 heteroatoms. The average Bonchev–Trinajstić information content (AvgIpc) is 2.53.